The summed E-state index contributed by atoms with van der Waals surface area (Å²) in [5.74, 6) is 0. The van der Waals surface area contributed by atoms with Crippen LogP contribution < -0.4 is 5.49 Å². The van der Waals surface area contributed by atoms with Crippen molar-refractivity contribution in [3.8, 4) is 0 Å². The molecule has 1 fully saturated rings. The summed E-state index contributed by atoms with van der Waals surface area (Å²) in [5, 5.41) is 26.8. The highest BCUT2D eigenvalue weighted by molar-refractivity contribution is 14.0. The molecule has 3 N–H and O–H groups in total. The minimum atomic E-state index is -2.51. The van der Waals surface area contributed by atoms with Gasteiger partial charge in [-0.25, -0.2) is 9.97 Å². The highest BCUT2D eigenvalue weighted by Crippen LogP contribution is 2.29. The molecule has 1 aliphatic heterocycles. The minimum Gasteiger partial charge on any atom is -0.394 e. The lowest BCUT2D eigenvalue weighted by molar-refractivity contribution is -0.0432. The fourth-order valence-corrected chi connectivity index (χ4v) is 2.19. The van der Waals surface area contributed by atoms with Crippen LogP contribution in [0.3, 0.4) is 0 Å². The predicted octanol–water partition coefficient (Wildman–Crippen LogP) is -0.492. The van der Waals surface area contributed by atoms with E-state index in [-0.39, 0.29) is 48.0 Å². The van der Waals surface area contributed by atoms with E-state index in [1.165, 1.54) is 10.9 Å². The zero-order chi connectivity index (χ0) is 16.1. The Balaban J connectivity index is 0.00000192. The molecule has 8 nitrogen and oxygen atoms in total. The van der Waals surface area contributed by atoms with E-state index in [0.717, 1.165) is 10.9 Å². The van der Waals surface area contributed by atoms with Crippen molar-refractivity contribution in [2.45, 2.75) is 24.9 Å². The minimum absolute atomic E-state index is 0. The van der Waals surface area contributed by atoms with Gasteiger partial charge in [-0.05, 0) is 0 Å². The van der Waals surface area contributed by atoms with Crippen LogP contribution in [0.25, 0.3) is 11.2 Å². The van der Waals surface area contributed by atoms with E-state index in [1.807, 2.05) is 0 Å². The Bertz CT molecular complexity index is 761. The van der Waals surface area contributed by atoms with Gasteiger partial charge in [-0.15, -0.1) is 24.0 Å². The van der Waals surface area contributed by atoms with Gasteiger partial charge in [-0.1, -0.05) is 0 Å². The third-order valence-electron chi connectivity index (χ3n) is 3.22. The van der Waals surface area contributed by atoms with Gasteiger partial charge >= 0.3 is 0 Å². The monoisotopic (exact) mass is 396 g/mol. The van der Waals surface area contributed by atoms with Crippen molar-refractivity contribution < 1.29 is 19.1 Å². The van der Waals surface area contributed by atoms with E-state index in [4.69, 9.17) is 19.4 Å². The van der Waals surface area contributed by atoms with Crippen LogP contribution in [0.1, 0.15) is 16.8 Å². The van der Waals surface area contributed by atoms with E-state index < -0.39 is 25.4 Å². The Morgan fingerprint density at radius 2 is 2.35 bits per heavy atom. The van der Waals surface area contributed by atoms with Crippen LogP contribution in [0, 0.1) is 5.41 Å². The van der Waals surface area contributed by atoms with Crippen LogP contribution in [-0.4, -0.2) is 48.1 Å². The predicted molar refractivity (Wildman–Crippen MR) is 79.4 cm³/mol. The Morgan fingerprint density at radius 1 is 1.55 bits per heavy atom. The molecule has 110 valence electrons. The number of aryl methyl sites for hydroxylation is 1. The van der Waals surface area contributed by atoms with Crippen molar-refractivity contribution in [3.05, 3.63) is 18.1 Å². The zero-order valence-electron chi connectivity index (χ0n) is 13.3. The van der Waals surface area contributed by atoms with E-state index in [0.29, 0.717) is 5.65 Å². The summed E-state index contributed by atoms with van der Waals surface area (Å²) in [6, 6.07) is 0. The summed E-state index contributed by atoms with van der Waals surface area (Å²) < 4.78 is 29.9. The van der Waals surface area contributed by atoms with Crippen molar-refractivity contribution in [2.75, 3.05) is 6.61 Å². The molecule has 2 aromatic heterocycles. The standard InChI is InChI=1S/C11H15N5O3.HI/c1-15-4-14-11-9(10(15)12)13-5-16(11)8-2-6(18)7(3-17)19-8;/h4-8,12,17-18H,2-3H2,1H3;1H/t6-,7+,8+;/m0./s1/i1D3;. The lowest BCUT2D eigenvalue weighted by Gasteiger charge is -2.13. The Kier molecular flexibility index (Phi) is 3.34. The van der Waals surface area contributed by atoms with Gasteiger partial charge in [0.2, 0.25) is 0 Å². The van der Waals surface area contributed by atoms with Crippen molar-refractivity contribution in [3.63, 3.8) is 0 Å². The molecular weight excluding hydrogens is 377 g/mol. The van der Waals surface area contributed by atoms with E-state index in [2.05, 4.69) is 9.97 Å². The second-order valence-corrected chi connectivity index (χ2v) is 4.40. The molecule has 2 aromatic rings. The van der Waals surface area contributed by atoms with Gasteiger partial charge in [-0.2, -0.15) is 0 Å². The summed E-state index contributed by atoms with van der Waals surface area (Å²) >= 11 is 0. The van der Waals surface area contributed by atoms with Crippen LogP contribution in [-0.2, 0) is 11.7 Å². The Hall–Kier alpha value is -1.04. The molecular formula is C11H16IN5O3. The highest BCUT2D eigenvalue weighted by Gasteiger charge is 2.35. The van der Waals surface area contributed by atoms with Gasteiger partial charge in [0, 0.05) is 17.5 Å². The SMILES string of the molecule is I.[2H]C([2H])([2H])n1cnc2c(ncn2[C@H]2C[C@H](O)[C@@H](CO)O2)c1=N. The van der Waals surface area contributed by atoms with Crippen molar-refractivity contribution in [1.29, 1.82) is 5.41 Å². The molecule has 1 saturated heterocycles. The smallest absolute Gasteiger partial charge is 0.167 e. The quantitative estimate of drug-likeness (QED) is 0.594. The third-order valence-corrected chi connectivity index (χ3v) is 3.22. The first-order chi connectivity index (χ1) is 10.3. The normalized spacial score (nSPS) is 28.7. The second kappa shape index (κ2) is 5.76. The Morgan fingerprint density at radius 3 is 3.00 bits per heavy atom. The fourth-order valence-electron chi connectivity index (χ4n) is 2.19. The van der Waals surface area contributed by atoms with Gasteiger partial charge in [0.05, 0.1) is 25.4 Å². The van der Waals surface area contributed by atoms with Gasteiger partial charge in [0.25, 0.3) is 0 Å². The highest BCUT2D eigenvalue weighted by atomic mass is 127. The molecule has 9 heteroatoms. The number of nitrogens with zero attached hydrogens (tertiary/aromatic N) is 4. The first-order valence-electron chi connectivity index (χ1n) is 7.26. The molecule has 0 unspecified atom stereocenters. The maximum absolute atomic E-state index is 9.78. The number of aromatic nitrogens is 4. The summed E-state index contributed by atoms with van der Waals surface area (Å²) in [5.41, 5.74) is 0.145. The molecule has 0 saturated carbocycles. The Labute approximate surface area is 135 Å². The number of hydrogen-bond donors (Lipinski definition) is 3. The number of halogens is 1. The molecule has 0 bridgehead atoms. The first kappa shape index (κ1) is 11.6. The van der Waals surface area contributed by atoms with E-state index in [1.54, 1.807) is 0 Å². The number of rotatable bonds is 2. The topological polar surface area (TPSA) is 109 Å². The molecule has 20 heavy (non-hydrogen) atoms. The third kappa shape index (κ3) is 2.34. The second-order valence-electron chi connectivity index (χ2n) is 4.40. The molecule has 0 spiro atoms. The molecule has 3 heterocycles. The number of nitrogens with one attached hydrogen (secondary N) is 1. The van der Waals surface area contributed by atoms with Crippen molar-refractivity contribution in [2.24, 2.45) is 6.98 Å². The largest absolute Gasteiger partial charge is 0.394 e. The van der Waals surface area contributed by atoms with Gasteiger partial charge in [-0.3, -0.25) is 9.98 Å². The first-order valence-corrected chi connectivity index (χ1v) is 5.76. The molecule has 0 aromatic carbocycles. The van der Waals surface area contributed by atoms with Crippen molar-refractivity contribution in [1.82, 2.24) is 19.1 Å². The van der Waals surface area contributed by atoms with Crippen LogP contribution in [0.4, 0.5) is 0 Å². The average Bonchev–Trinajstić information content (AvgIpc) is 3.01. The molecule has 3 atom stereocenters. The number of hydrogen-bond acceptors (Lipinski definition) is 6. The number of fused-ring (bicyclic) bond motifs is 1. The van der Waals surface area contributed by atoms with Crippen LogP contribution >= 0.6 is 24.0 Å². The van der Waals surface area contributed by atoms with Gasteiger partial charge < -0.3 is 19.5 Å². The van der Waals surface area contributed by atoms with E-state index >= 15 is 0 Å². The number of aliphatic hydroxyl groups is 2. The van der Waals surface area contributed by atoms with E-state index in [9.17, 15) is 5.11 Å². The molecule has 0 aliphatic carbocycles. The summed E-state index contributed by atoms with van der Waals surface area (Å²) in [6.07, 6.45) is 0.627. The fraction of sp³-hybridized carbons (Fsp3) is 0.545. The molecule has 1 aliphatic rings. The molecule has 3 rings (SSSR count). The maximum atomic E-state index is 9.78. The zero-order valence-corrected chi connectivity index (χ0v) is 12.6. The molecule has 0 radical (unpaired) electrons. The lowest BCUT2D eigenvalue weighted by atomic mass is 10.2. The average molecular weight is 396 g/mol. The lowest BCUT2D eigenvalue weighted by Crippen LogP contribution is -2.24. The maximum Gasteiger partial charge on any atom is 0.167 e. The van der Waals surface area contributed by atoms with Crippen LogP contribution in [0.15, 0.2) is 12.7 Å². The van der Waals surface area contributed by atoms with Crippen molar-refractivity contribution >= 4 is 35.1 Å². The number of aliphatic hydroxyl groups excluding tert-OH is 2. The summed E-state index contributed by atoms with van der Waals surface area (Å²) in [7, 11) is 0. The molecule has 0 amide bonds. The summed E-state index contributed by atoms with van der Waals surface area (Å²) in [6.45, 7) is -2.81. The van der Waals surface area contributed by atoms with Crippen LogP contribution in [0.5, 0.6) is 0 Å². The van der Waals surface area contributed by atoms with Gasteiger partial charge in [0.1, 0.15) is 17.8 Å². The van der Waals surface area contributed by atoms with Gasteiger partial charge in [0.15, 0.2) is 11.1 Å². The number of ether oxygens (including phenoxy) is 1. The summed E-state index contributed by atoms with van der Waals surface area (Å²) in [4.78, 5) is 8.08. The van der Waals surface area contributed by atoms with Crippen LogP contribution in [0.2, 0.25) is 0 Å². The number of imidazole rings is 1.